The largest absolute Gasteiger partial charge is 0.363 e. The van der Waals surface area contributed by atoms with E-state index >= 15 is 0 Å². The first-order valence-corrected chi connectivity index (χ1v) is 4.31. The number of halogens is 1. The van der Waals surface area contributed by atoms with Gasteiger partial charge in [0.25, 0.3) is 0 Å². The average Bonchev–Trinajstić information content (AvgIpc) is 2.20. The molecule has 0 aromatic carbocycles. The van der Waals surface area contributed by atoms with Crippen LogP contribution in [-0.2, 0) is 13.6 Å². The summed E-state index contributed by atoms with van der Waals surface area (Å²) in [5.74, 6) is 0. The van der Waals surface area contributed by atoms with Crippen LogP contribution in [0, 0.1) is 0 Å². The van der Waals surface area contributed by atoms with Crippen LogP contribution in [0.2, 0.25) is 0 Å². The first-order chi connectivity index (χ1) is 4.75. The van der Waals surface area contributed by atoms with Gasteiger partial charge in [-0.05, 0) is 10.4 Å². The topological polar surface area (TPSA) is 52.7 Å². The smallest absolute Gasteiger partial charge is 0.244 e. The Hall–Kier alpha value is -0.400. The van der Waals surface area contributed by atoms with Gasteiger partial charge in [-0.25, -0.2) is 4.79 Å². The molecular formula is C4H7IN4O. The molecule has 0 N–H and O–H groups in total. The summed E-state index contributed by atoms with van der Waals surface area (Å²) in [6.45, 7) is 0.632. The number of nitrogens with zero attached hydrogens (tertiary/aromatic N) is 4. The highest BCUT2D eigenvalue weighted by Gasteiger charge is 1.99. The SMILES string of the molecule is Cn1nnn(CCI)c1=O. The van der Waals surface area contributed by atoms with Gasteiger partial charge in [0.1, 0.15) is 0 Å². The molecule has 1 aromatic heterocycles. The second-order valence-electron chi connectivity index (χ2n) is 1.80. The number of aryl methyl sites for hydroxylation is 2. The zero-order valence-electron chi connectivity index (χ0n) is 5.49. The Labute approximate surface area is 71.1 Å². The quantitative estimate of drug-likeness (QED) is 0.523. The van der Waals surface area contributed by atoms with E-state index in [1.54, 1.807) is 7.05 Å². The van der Waals surface area contributed by atoms with E-state index in [1.807, 2.05) is 0 Å². The molecule has 5 nitrogen and oxygen atoms in total. The van der Waals surface area contributed by atoms with Crippen LogP contribution in [0.4, 0.5) is 0 Å². The van der Waals surface area contributed by atoms with E-state index in [0.29, 0.717) is 6.54 Å². The third-order valence-electron chi connectivity index (χ3n) is 1.08. The molecule has 0 spiro atoms. The Kier molecular flexibility index (Phi) is 2.41. The van der Waals surface area contributed by atoms with Crippen molar-refractivity contribution in [2.45, 2.75) is 6.54 Å². The van der Waals surface area contributed by atoms with Gasteiger partial charge in [-0.2, -0.15) is 9.36 Å². The lowest BCUT2D eigenvalue weighted by atomic mass is 10.8. The van der Waals surface area contributed by atoms with Crippen LogP contribution in [0.5, 0.6) is 0 Å². The van der Waals surface area contributed by atoms with Gasteiger partial charge < -0.3 is 0 Å². The number of aromatic nitrogens is 4. The molecule has 0 radical (unpaired) electrons. The van der Waals surface area contributed by atoms with Gasteiger partial charge in [-0.3, -0.25) is 0 Å². The van der Waals surface area contributed by atoms with Crippen LogP contribution in [0.15, 0.2) is 4.79 Å². The number of tetrazole rings is 1. The lowest BCUT2D eigenvalue weighted by molar-refractivity contribution is 0.619. The third kappa shape index (κ3) is 1.36. The molecule has 0 amide bonds. The molecule has 0 fully saturated rings. The van der Waals surface area contributed by atoms with Crippen LogP contribution < -0.4 is 5.69 Å². The molecule has 0 aliphatic carbocycles. The van der Waals surface area contributed by atoms with Crippen molar-refractivity contribution in [1.29, 1.82) is 0 Å². The predicted octanol–water partition coefficient (Wildman–Crippen LogP) is -0.588. The maximum Gasteiger partial charge on any atom is 0.363 e. The Balaban J connectivity index is 2.95. The molecule has 0 saturated carbocycles. The summed E-state index contributed by atoms with van der Waals surface area (Å²) >= 11 is 2.18. The highest BCUT2D eigenvalue weighted by molar-refractivity contribution is 14.1. The molecule has 0 aliphatic rings. The van der Waals surface area contributed by atoms with Gasteiger partial charge in [0.15, 0.2) is 0 Å². The molecule has 1 aromatic rings. The van der Waals surface area contributed by atoms with Crippen LogP contribution in [0.3, 0.4) is 0 Å². The Morgan fingerprint density at radius 3 is 2.70 bits per heavy atom. The van der Waals surface area contributed by atoms with E-state index in [4.69, 9.17) is 0 Å². The van der Waals surface area contributed by atoms with Crippen LogP contribution in [0.1, 0.15) is 0 Å². The summed E-state index contributed by atoms with van der Waals surface area (Å²) < 4.78 is 3.43. The van der Waals surface area contributed by atoms with Crippen molar-refractivity contribution in [2.75, 3.05) is 4.43 Å². The zero-order chi connectivity index (χ0) is 7.56. The lowest BCUT2D eigenvalue weighted by Gasteiger charge is -1.88. The molecule has 10 heavy (non-hydrogen) atoms. The van der Waals surface area contributed by atoms with Gasteiger partial charge in [0.05, 0.1) is 6.54 Å². The van der Waals surface area contributed by atoms with Gasteiger partial charge >= 0.3 is 5.69 Å². The van der Waals surface area contributed by atoms with Crippen molar-refractivity contribution in [3.05, 3.63) is 10.5 Å². The van der Waals surface area contributed by atoms with E-state index in [9.17, 15) is 4.79 Å². The fraction of sp³-hybridized carbons (Fsp3) is 0.750. The first kappa shape index (κ1) is 7.70. The zero-order valence-corrected chi connectivity index (χ0v) is 7.65. The van der Waals surface area contributed by atoms with E-state index in [2.05, 4.69) is 33.0 Å². The van der Waals surface area contributed by atoms with Gasteiger partial charge in [0, 0.05) is 11.5 Å². The Morgan fingerprint density at radius 2 is 2.30 bits per heavy atom. The monoisotopic (exact) mass is 254 g/mol. The minimum Gasteiger partial charge on any atom is -0.244 e. The second-order valence-corrected chi connectivity index (χ2v) is 2.88. The van der Waals surface area contributed by atoms with Crippen molar-refractivity contribution in [2.24, 2.45) is 7.05 Å². The lowest BCUT2D eigenvalue weighted by Crippen LogP contribution is -2.23. The number of alkyl halides is 1. The summed E-state index contributed by atoms with van der Waals surface area (Å²) in [6.07, 6.45) is 0. The first-order valence-electron chi connectivity index (χ1n) is 2.78. The minimum atomic E-state index is -0.156. The number of hydrogen-bond donors (Lipinski definition) is 0. The van der Waals surface area contributed by atoms with Crippen molar-refractivity contribution in [1.82, 2.24) is 19.8 Å². The fourth-order valence-electron chi connectivity index (χ4n) is 0.572. The maximum atomic E-state index is 11.0. The molecule has 1 heterocycles. The minimum absolute atomic E-state index is 0.156. The summed E-state index contributed by atoms with van der Waals surface area (Å²) in [4.78, 5) is 11.0. The predicted molar refractivity (Wildman–Crippen MR) is 44.2 cm³/mol. The van der Waals surface area contributed by atoms with E-state index < -0.39 is 0 Å². The van der Waals surface area contributed by atoms with E-state index in [1.165, 1.54) is 9.36 Å². The van der Waals surface area contributed by atoms with Crippen molar-refractivity contribution in [3.8, 4) is 0 Å². The molecule has 0 atom stereocenters. The molecule has 56 valence electrons. The Morgan fingerprint density at radius 1 is 1.60 bits per heavy atom. The summed E-state index contributed by atoms with van der Waals surface area (Å²) in [5, 5.41) is 7.17. The van der Waals surface area contributed by atoms with Crippen LogP contribution >= 0.6 is 22.6 Å². The van der Waals surface area contributed by atoms with Gasteiger partial charge in [-0.15, -0.1) is 0 Å². The standard InChI is InChI=1S/C4H7IN4O/c1-8-4(10)9(3-2-5)7-6-8/h2-3H2,1H3. The fourth-order valence-corrected chi connectivity index (χ4v) is 1.03. The molecule has 0 aliphatic heterocycles. The van der Waals surface area contributed by atoms with E-state index in [0.717, 1.165) is 4.43 Å². The van der Waals surface area contributed by atoms with Gasteiger partial charge in [-0.1, -0.05) is 22.6 Å². The van der Waals surface area contributed by atoms with Crippen molar-refractivity contribution in [3.63, 3.8) is 0 Å². The maximum absolute atomic E-state index is 11.0. The molecule has 0 unspecified atom stereocenters. The summed E-state index contributed by atoms with van der Waals surface area (Å²) in [7, 11) is 1.58. The highest BCUT2D eigenvalue weighted by Crippen LogP contribution is 1.81. The van der Waals surface area contributed by atoms with Crippen LogP contribution in [0.25, 0.3) is 0 Å². The molecule has 0 bridgehead atoms. The molecular weight excluding hydrogens is 247 g/mol. The van der Waals surface area contributed by atoms with Crippen molar-refractivity contribution >= 4 is 22.6 Å². The molecule has 0 saturated heterocycles. The van der Waals surface area contributed by atoms with Gasteiger partial charge in [0.2, 0.25) is 0 Å². The summed E-state index contributed by atoms with van der Waals surface area (Å²) in [5.41, 5.74) is -0.156. The second kappa shape index (κ2) is 3.13. The summed E-state index contributed by atoms with van der Waals surface area (Å²) in [6, 6.07) is 0. The normalized spacial score (nSPS) is 10.2. The highest BCUT2D eigenvalue weighted by atomic mass is 127. The number of rotatable bonds is 2. The number of hydrogen-bond acceptors (Lipinski definition) is 3. The molecule has 1 rings (SSSR count). The van der Waals surface area contributed by atoms with E-state index in [-0.39, 0.29) is 5.69 Å². The third-order valence-corrected chi connectivity index (χ3v) is 1.56. The van der Waals surface area contributed by atoms with Crippen LogP contribution in [-0.4, -0.2) is 24.2 Å². The average molecular weight is 254 g/mol. The Bertz CT molecular complexity index is 264. The van der Waals surface area contributed by atoms with Crippen molar-refractivity contribution < 1.29 is 0 Å². The molecule has 6 heteroatoms.